The van der Waals surface area contributed by atoms with Crippen LogP contribution in [0.1, 0.15) is 12.8 Å². The summed E-state index contributed by atoms with van der Waals surface area (Å²) in [7, 11) is 0. The third-order valence-corrected chi connectivity index (χ3v) is 1.36. The number of rotatable bonds is 0. The molecule has 1 aliphatic rings. The van der Waals surface area contributed by atoms with Crippen LogP contribution >= 0.6 is 0 Å². The molecule has 1 atom stereocenters. The van der Waals surface area contributed by atoms with E-state index in [1.54, 1.807) is 0 Å². The lowest BCUT2D eigenvalue weighted by Gasteiger charge is -2.18. The number of halogens is 1. The van der Waals surface area contributed by atoms with Crippen molar-refractivity contribution in [3.05, 3.63) is 12.3 Å². The standard InChI is InChI=1S/C6H10FN/c1-5-6(7)3-2-4-8-5/h6,8H,1-4H2. The van der Waals surface area contributed by atoms with Crippen LogP contribution in [0, 0.1) is 0 Å². The van der Waals surface area contributed by atoms with Crippen LogP contribution in [0.25, 0.3) is 0 Å². The van der Waals surface area contributed by atoms with Crippen molar-refractivity contribution in [1.29, 1.82) is 0 Å². The molecule has 1 aliphatic heterocycles. The van der Waals surface area contributed by atoms with Gasteiger partial charge >= 0.3 is 0 Å². The molecule has 1 nitrogen and oxygen atoms in total. The Morgan fingerprint density at radius 2 is 2.50 bits per heavy atom. The summed E-state index contributed by atoms with van der Waals surface area (Å²) in [6.45, 7) is 4.40. The van der Waals surface area contributed by atoms with Gasteiger partial charge in [0.2, 0.25) is 0 Å². The Hall–Kier alpha value is -0.530. The molecule has 1 unspecified atom stereocenters. The third-order valence-electron chi connectivity index (χ3n) is 1.36. The van der Waals surface area contributed by atoms with Crippen molar-refractivity contribution in [1.82, 2.24) is 5.32 Å². The molecule has 0 aromatic heterocycles. The first kappa shape index (κ1) is 5.60. The Kier molecular flexibility index (Phi) is 1.51. The molecule has 0 amide bonds. The van der Waals surface area contributed by atoms with Crippen LogP contribution in [-0.4, -0.2) is 12.7 Å². The molecule has 1 rings (SSSR count). The molecule has 0 bridgehead atoms. The molecule has 0 aliphatic carbocycles. The zero-order valence-electron chi connectivity index (χ0n) is 4.78. The van der Waals surface area contributed by atoms with Crippen LogP contribution in [0.4, 0.5) is 4.39 Å². The first-order valence-corrected chi connectivity index (χ1v) is 2.87. The maximum atomic E-state index is 12.4. The van der Waals surface area contributed by atoms with Crippen LogP contribution in [-0.2, 0) is 0 Å². The zero-order valence-corrected chi connectivity index (χ0v) is 4.78. The van der Waals surface area contributed by atoms with Crippen molar-refractivity contribution in [2.24, 2.45) is 0 Å². The molecular formula is C6H10FN. The van der Waals surface area contributed by atoms with Crippen molar-refractivity contribution in [3.8, 4) is 0 Å². The summed E-state index contributed by atoms with van der Waals surface area (Å²) in [5.74, 6) is 0. The average molecular weight is 115 g/mol. The van der Waals surface area contributed by atoms with Crippen LogP contribution in [0.2, 0.25) is 0 Å². The van der Waals surface area contributed by atoms with Crippen molar-refractivity contribution in [3.63, 3.8) is 0 Å². The van der Waals surface area contributed by atoms with Gasteiger partial charge in [-0.2, -0.15) is 0 Å². The first-order chi connectivity index (χ1) is 3.80. The van der Waals surface area contributed by atoms with Gasteiger partial charge in [0, 0.05) is 12.2 Å². The molecule has 1 heterocycles. The van der Waals surface area contributed by atoms with Crippen molar-refractivity contribution in [2.75, 3.05) is 6.54 Å². The largest absolute Gasteiger partial charge is 0.386 e. The van der Waals surface area contributed by atoms with E-state index in [-0.39, 0.29) is 0 Å². The third kappa shape index (κ3) is 0.997. The molecular weight excluding hydrogens is 105 g/mol. The summed E-state index contributed by atoms with van der Waals surface area (Å²) in [5, 5.41) is 2.86. The summed E-state index contributed by atoms with van der Waals surface area (Å²) in [6, 6.07) is 0. The molecule has 0 radical (unpaired) electrons. The van der Waals surface area contributed by atoms with Gasteiger partial charge in [-0.3, -0.25) is 0 Å². The minimum Gasteiger partial charge on any atom is -0.386 e. The Labute approximate surface area is 48.6 Å². The highest BCUT2D eigenvalue weighted by Gasteiger charge is 2.13. The van der Waals surface area contributed by atoms with Crippen LogP contribution in [0.5, 0.6) is 0 Å². The fourth-order valence-electron chi connectivity index (χ4n) is 0.815. The molecule has 46 valence electrons. The number of piperidine rings is 1. The minimum absolute atomic E-state index is 0.552. The SMILES string of the molecule is C=C1NCCCC1F. The lowest BCUT2D eigenvalue weighted by atomic mass is 10.1. The van der Waals surface area contributed by atoms with E-state index >= 15 is 0 Å². The second-order valence-electron chi connectivity index (χ2n) is 2.06. The molecule has 0 aromatic carbocycles. The number of hydrogen-bond donors (Lipinski definition) is 1. The van der Waals surface area contributed by atoms with E-state index < -0.39 is 6.17 Å². The van der Waals surface area contributed by atoms with Gasteiger partial charge in [-0.15, -0.1) is 0 Å². The Morgan fingerprint density at radius 1 is 1.75 bits per heavy atom. The number of allylic oxidation sites excluding steroid dienone is 1. The van der Waals surface area contributed by atoms with E-state index in [1.807, 2.05) is 0 Å². The summed E-state index contributed by atoms with van der Waals surface area (Å²) >= 11 is 0. The van der Waals surface area contributed by atoms with Crippen molar-refractivity contribution >= 4 is 0 Å². The van der Waals surface area contributed by atoms with Crippen molar-refractivity contribution < 1.29 is 4.39 Å². The predicted molar refractivity (Wildman–Crippen MR) is 31.3 cm³/mol. The van der Waals surface area contributed by atoms with Crippen LogP contribution < -0.4 is 5.32 Å². The van der Waals surface area contributed by atoms with Crippen LogP contribution in [0.15, 0.2) is 12.3 Å². The number of nitrogens with one attached hydrogen (secondary N) is 1. The van der Waals surface area contributed by atoms with Gasteiger partial charge in [-0.1, -0.05) is 6.58 Å². The van der Waals surface area contributed by atoms with E-state index in [4.69, 9.17) is 0 Å². The maximum absolute atomic E-state index is 12.4. The fourth-order valence-corrected chi connectivity index (χ4v) is 0.815. The van der Waals surface area contributed by atoms with Gasteiger partial charge < -0.3 is 5.32 Å². The van der Waals surface area contributed by atoms with Gasteiger partial charge in [0.25, 0.3) is 0 Å². The number of alkyl halides is 1. The topological polar surface area (TPSA) is 12.0 Å². The molecule has 2 heteroatoms. The van der Waals surface area contributed by atoms with E-state index in [1.165, 1.54) is 0 Å². The monoisotopic (exact) mass is 115 g/mol. The average Bonchev–Trinajstić information content (AvgIpc) is 1.77. The first-order valence-electron chi connectivity index (χ1n) is 2.87. The van der Waals surface area contributed by atoms with E-state index in [2.05, 4.69) is 11.9 Å². The second-order valence-corrected chi connectivity index (χ2v) is 2.06. The van der Waals surface area contributed by atoms with Crippen LogP contribution in [0.3, 0.4) is 0 Å². The van der Waals surface area contributed by atoms with E-state index in [9.17, 15) is 4.39 Å². The van der Waals surface area contributed by atoms with Crippen molar-refractivity contribution in [2.45, 2.75) is 19.0 Å². The summed E-state index contributed by atoms with van der Waals surface area (Å²) in [4.78, 5) is 0. The molecule has 8 heavy (non-hydrogen) atoms. The lowest BCUT2D eigenvalue weighted by molar-refractivity contribution is 0.313. The van der Waals surface area contributed by atoms with Gasteiger partial charge in [0.15, 0.2) is 0 Å². The van der Waals surface area contributed by atoms with Gasteiger partial charge in [0.1, 0.15) is 6.17 Å². The molecule has 1 saturated heterocycles. The Bertz CT molecular complexity index is 101. The number of hydrogen-bond acceptors (Lipinski definition) is 1. The molecule has 1 N–H and O–H groups in total. The van der Waals surface area contributed by atoms with Gasteiger partial charge in [-0.25, -0.2) is 4.39 Å². The normalized spacial score (nSPS) is 29.6. The maximum Gasteiger partial charge on any atom is 0.139 e. The van der Waals surface area contributed by atoms with E-state index in [0.29, 0.717) is 12.1 Å². The minimum atomic E-state index is -0.802. The smallest absolute Gasteiger partial charge is 0.139 e. The highest BCUT2D eigenvalue weighted by molar-refractivity contribution is 5.01. The summed E-state index contributed by atoms with van der Waals surface area (Å²) in [5.41, 5.74) is 0.552. The van der Waals surface area contributed by atoms with E-state index in [0.717, 1.165) is 13.0 Å². The highest BCUT2D eigenvalue weighted by atomic mass is 19.1. The zero-order chi connectivity index (χ0) is 5.98. The summed E-state index contributed by atoms with van der Waals surface area (Å²) < 4.78 is 12.4. The van der Waals surface area contributed by atoms with Gasteiger partial charge in [0.05, 0.1) is 0 Å². The molecule has 0 spiro atoms. The summed E-state index contributed by atoms with van der Waals surface area (Å²) in [6.07, 6.45) is 0.773. The highest BCUT2D eigenvalue weighted by Crippen LogP contribution is 2.12. The Morgan fingerprint density at radius 3 is 2.88 bits per heavy atom. The fraction of sp³-hybridized carbons (Fsp3) is 0.667. The predicted octanol–water partition coefficient (Wildman–Crippen LogP) is 1.22. The molecule has 0 saturated carbocycles. The second kappa shape index (κ2) is 2.16. The molecule has 1 fully saturated rings. The quantitative estimate of drug-likeness (QED) is 0.500. The Balaban J connectivity index is 2.39. The molecule has 0 aromatic rings. The lowest BCUT2D eigenvalue weighted by Crippen LogP contribution is -2.27. The van der Waals surface area contributed by atoms with Gasteiger partial charge in [-0.05, 0) is 12.8 Å².